The molecule has 1 aromatic rings. The quantitative estimate of drug-likeness (QED) is 0.776. The van der Waals surface area contributed by atoms with Gasteiger partial charge < -0.3 is 15.2 Å². The molecule has 0 aromatic heterocycles. The van der Waals surface area contributed by atoms with Crippen molar-refractivity contribution in [3.05, 3.63) is 29.8 Å². The summed E-state index contributed by atoms with van der Waals surface area (Å²) >= 11 is 0. The molecule has 0 bridgehead atoms. The van der Waals surface area contributed by atoms with Crippen molar-refractivity contribution in [2.45, 2.75) is 32.4 Å². The molecule has 3 nitrogen and oxygen atoms in total. The topological polar surface area (TPSA) is 41.5 Å². The zero-order chi connectivity index (χ0) is 12.0. The van der Waals surface area contributed by atoms with Crippen LogP contribution in [0.25, 0.3) is 0 Å². The molecule has 1 aromatic carbocycles. The molecule has 0 saturated carbocycles. The Morgan fingerprint density at radius 2 is 2.12 bits per heavy atom. The monoisotopic (exact) mass is 223 g/mol. The highest BCUT2D eigenvalue weighted by Crippen LogP contribution is 2.19. The van der Waals surface area contributed by atoms with E-state index in [1.54, 1.807) is 7.11 Å². The van der Waals surface area contributed by atoms with Crippen molar-refractivity contribution in [2.75, 3.05) is 13.7 Å². The third-order valence-corrected chi connectivity index (χ3v) is 2.69. The van der Waals surface area contributed by atoms with Crippen molar-refractivity contribution >= 4 is 0 Å². The lowest BCUT2D eigenvalue weighted by atomic mass is 10.1. The Bertz CT molecular complexity index is 315. The van der Waals surface area contributed by atoms with Crippen molar-refractivity contribution in [3.8, 4) is 5.75 Å². The molecule has 0 amide bonds. The molecule has 0 spiro atoms. The minimum atomic E-state index is 0.221. The van der Waals surface area contributed by atoms with Gasteiger partial charge in [-0.15, -0.1) is 0 Å². The van der Waals surface area contributed by atoms with Crippen LogP contribution in [0.5, 0.6) is 5.75 Å². The fraction of sp³-hybridized carbons (Fsp3) is 0.538. The molecule has 0 aliphatic carbocycles. The van der Waals surface area contributed by atoms with Crippen molar-refractivity contribution in [2.24, 2.45) is 0 Å². The van der Waals surface area contributed by atoms with E-state index < -0.39 is 0 Å². The predicted octanol–water partition coefficient (Wildman–Crippen LogP) is 2.12. The highest BCUT2D eigenvalue weighted by atomic mass is 16.5. The van der Waals surface area contributed by atoms with E-state index in [1.165, 1.54) is 5.56 Å². The first-order chi connectivity index (χ1) is 7.67. The smallest absolute Gasteiger partial charge is 0.119 e. The second kappa shape index (κ2) is 6.51. The molecule has 2 atom stereocenters. The molecular weight excluding hydrogens is 202 g/mol. The van der Waals surface area contributed by atoms with Crippen LogP contribution in [0.3, 0.4) is 0 Å². The van der Waals surface area contributed by atoms with E-state index in [-0.39, 0.29) is 12.6 Å². The molecule has 3 heteroatoms. The lowest BCUT2D eigenvalue weighted by molar-refractivity contribution is 0.264. The Hall–Kier alpha value is -1.06. The van der Waals surface area contributed by atoms with Crippen LogP contribution in [0, 0.1) is 0 Å². The minimum Gasteiger partial charge on any atom is -0.497 e. The second-order valence-corrected chi connectivity index (χ2v) is 4.08. The van der Waals surface area contributed by atoms with E-state index in [1.807, 2.05) is 18.2 Å². The largest absolute Gasteiger partial charge is 0.497 e. The Kier molecular flexibility index (Phi) is 5.29. The van der Waals surface area contributed by atoms with Crippen LogP contribution < -0.4 is 10.1 Å². The first-order valence-corrected chi connectivity index (χ1v) is 5.68. The molecule has 0 aliphatic heterocycles. The van der Waals surface area contributed by atoms with E-state index in [0.717, 1.165) is 12.2 Å². The lowest BCUT2D eigenvalue weighted by Crippen LogP contribution is -2.29. The highest BCUT2D eigenvalue weighted by molar-refractivity contribution is 5.30. The van der Waals surface area contributed by atoms with Gasteiger partial charge in [-0.05, 0) is 38.0 Å². The van der Waals surface area contributed by atoms with E-state index in [2.05, 4.69) is 25.2 Å². The molecule has 1 rings (SSSR count). The number of aliphatic hydroxyl groups is 1. The van der Waals surface area contributed by atoms with Crippen LogP contribution in [0.1, 0.15) is 31.9 Å². The summed E-state index contributed by atoms with van der Waals surface area (Å²) < 4.78 is 5.19. The Labute approximate surface area is 97.4 Å². The maximum absolute atomic E-state index is 8.84. The van der Waals surface area contributed by atoms with Crippen LogP contribution >= 0.6 is 0 Å². The van der Waals surface area contributed by atoms with Gasteiger partial charge >= 0.3 is 0 Å². The normalized spacial score (nSPS) is 14.5. The predicted molar refractivity (Wildman–Crippen MR) is 65.7 cm³/mol. The maximum atomic E-state index is 8.84. The van der Waals surface area contributed by atoms with E-state index in [9.17, 15) is 0 Å². The van der Waals surface area contributed by atoms with Gasteiger partial charge in [-0.2, -0.15) is 0 Å². The molecule has 0 fully saturated rings. The van der Waals surface area contributed by atoms with Crippen LogP contribution in [-0.4, -0.2) is 24.9 Å². The fourth-order valence-electron chi connectivity index (χ4n) is 1.71. The third kappa shape index (κ3) is 3.83. The third-order valence-electron chi connectivity index (χ3n) is 2.69. The van der Waals surface area contributed by atoms with Crippen LogP contribution in [0.15, 0.2) is 24.3 Å². The van der Waals surface area contributed by atoms with Gasteiger partial charge in [0.1, 0.15) is 5.75 Å². The Morgan fingerprint density at radius 3 is 2.75 bits per heavy atom. The molecule has 90 valence electrons. The maximum Gasteiger partial charge on any atom is 0.119 e. The van der Waals surface area contributed by atoms with Gasteiger partial charge in [0, 0.05) is 18.7 Å². The van der Waals surface area contributed by atoms with Gasteiger partial charge in [0.2, 0.25) is 0 Å². The molecule has 1 unspecified atom stereocenters. The number of aliphatic hydroxyl groups excluding tert-OH is 1. The lowest BCUT2D eigenvalue weighted by Gasteiger charge is -2.20. The number of hydrogen-bond acceptors (Lipinski definition) is 3. The van der Waals surface area contributed by atoms with E-state index >= 15 is 0 Å². The molecular formula is C13H21NO2. The molecule has 0 aliphatic rings. The van der Waals surface area contributed by atoms with Crippen molar-refractivity contribution in [3.63, 3.8) is 0 Å². The summed E-state index contributed by atoms with van der Waals surface area (Å²) in [6, 6.07) is 8.61. The average Bonchev–Trinajstić information content (AvgIpc) is 2.29. The van der Waals surface area contributed by atoms with Crippen molar-refractivity contribution in [1.82, 2.24) is 5.32 Å². The second-order valence-electron chi connectivity index (χ2n) is 4.08. The van der Waals surface area contributed by atoms with Gasteiger partial charge in [-0.1, -0.05) is 12.1 Å². The number of hydrogen-bond donors (Lipinski definition) is 2. The zero-order valence-electron chi connectivity index (χ0n) is 10.2. The van der Waals surface area contributed by atoms with E-state index in [0.29, 0.717) is 6.04 Å². The number of methoxy groups -OCH3 is 1. The summed E-state index contributed by atoms with van der Waals surface area (Å²) in [4.78, 5) is 0. The fourth-order valence-corrected chi connectivity index (χ4v) is 1.71. The number of nitrogens with one attached hydrogen (secondary N) is 1. The van der Waals surface area contributed by atoms with E-state index in [4.69, 9.17) is 9.84 Å². The van der Waals surface area contributed by atoms with Crippen molar-refractivity contribution in [1.29, 1.82) is 0 Å². The highest BCUT2D eigenvalue weighted by Gasteiger charge is 2.09. The van der Waals surface area contributed by atoms with Gasteiger partial charge in [0.05, 0.1) is 7.11 Å². The first-order valence-electron chi connectivity index (χ1n) is 5.68. The van der Waals surface area contributed by atoms with Crippen LogP contribution in [-0.2, 0) is 0 Å². The van der Waals surface area contributed by atoms with Gasteiger partial charge in [-0.3, -0.25) is 0 Å². The van der Waals surface area contributed by atoms with Crippen LogP contribution in [0.4, 0.5) is 0 Å². The Balaban J connectivity index is 2.61. The first kappa shape index (κ1) is 13.0. The van der Waals surface area contributed by atoms with Gasteiger partial charge in [0.25, 0.3) is 0 Å². The summed E-state index contributed by atoms with van der Waals surface area (Å²) in [6.07, 6.45) is 0.772. The minimum absolute atomic E-state index is 0.221. The number of benzene rings is 1. The summed E-state index contributed by atoms with van der Waals surface area (Å²) in [5.74, 6) is 0.876. The molecule has 0 heterocycles. The number of rotatable bonds is 6. The zero-order valence-corrected chi connectivity index (χ0v) is 10.2. The van der Waals surface area contributed by atoms with Gasteiger partial charge in [-0.25, -0.2) is 0 Å². The Morgan fingerprint density at radius 1 is 1.38 bits per heavy atom. The summed E-state index contributed by atoms with van der Waals surface area (Å²) in [5.41, 5.74) is 1.20. The summed E-state index contributed by atoms with van der Waals surface area (Å²) in [6.45, 7) is 4.41. The number of ether oxygens (including phenoxy) is 1. The molecule has 0 radical (unpaired) electrons. The molecule has 16 heavy (non-hydrogen) atoms. The summed E-state index contributed by atoms with van der Waals surface area (Å²) in [5, 5.41) is 12.3. The molecule has 2 N–H and O–H groups in total. The SMILES string of the molecule is COc1cccc(C(C)N[C@H](C)CCO)c1. The standard InChI is InChI=1S/C13H21NO2/c1-10(7-8-15)14-11(2)12-5-4-6-13(9-12)16-3/h4-6,9-11,14-15H,7-8H2,1-3H3/t10-,11?/m1/s1. The van der Waals surface area contributed by atoms with Crippen LogP contribution in [0.2, 0.25) is 0 Å². The summed E-state index contributed by atoms with van der Waals surface area (Å²) in [7, 11) is 1.67. The molecule has 0 saturated heterocycles. The van der Waals surface area contributed by atoms with Gasteiger partial charge in [0.15, 0.2) is 0 Å². The average molecular weight is 223 g/mol. The van der Waals surface area contributed by atoms with Crippen molar-refractivity contribution < 1.29 is 9.84 Å².